The molecule has 19 heavy (non-hydrogen) atoms. The summed E-state index contributed by atoms with van der Waals surface area (Å²) in [7, 11) is 3.44. The van der Waals surface area contributed by atoms with E-state index in [1.54, 1.807) is 6.07 Å². The molecule has 0 saturated carbocycles. The number of anilines is 1. The van der Waals surface area contributed by atoms with Gasteiger partial charge in [-0.25, -0.2) is 4.39 Å². The summed E-state index contributed by atoms with van der Waals surface area (Å²) in [6.45, 7) is 2.69. The van der Waals surface area contributed by atoms with Crippen LogP contribution >= 0.6 is 0 Å². The molecule has 0 unspecified atom stereocenters. The molecule has 0 fully saturated rings. The molecule has 4 nitrogen and oxygen atoms in total. The van der Waals surface area contributed by atoms with E-state index in [0.29, 0.717) is 12.3 Å². The molecule has 2 rings (SSSR count). The van der Waals surface area contributed by atoms with Crippen LogP contribution < -0.4 is 10.1 Å². The highest BCUT2D eigenvalue weighted by Gasteiger charge is 2.07. The zero-order valence-corrected chi connectivity index (χ0v) is 11.4. The lowest BCUT2D eigenvalue weighted by atomic mass is 10.2. The number of hydrogen-bond acceptors (Lipinski definition) is 3. The first-order chi connectivity index (χ1) is 9.13. The fourth-order valence-electron chi connectivity index (χ4n) is 1.91. The number of aryl methyl sites for hydroxylation is 2. The number of rotatable bonds is 5. The summed E-state index contributed by atoms with van der Waals surface area (Å²) < 4.78 is 20.1. The van der Waals surface area contributed by atoms with Crippen LogP contribution in [0.15, 0.2) is 24.3 Å². The summed E-state index contributed by atoms with van der Waals surface area (Å²) in [4.78, 5) is 0. The zero-order valence-electron chi connectivity index (χ0n) is 11.4. The van der Waals surface area contributed by atoms with Gasteiger partial charge in [-0.3, -0.25) is 4.68 Å². The van der Waals surface area contributed by atoms with E-state index in [9.17, 15) is 4.39 Å². The van der Waals surface area contributed by atoms with Crippen LogP contribution in [0.25, 0.3) is 0 Å². The summed E-state index contributed by atoms with van der Waals surface area (Å²) in [5.74, 6) is 0.189. The average molecular weight is 263 g/mol. The van der Waals surface area contributed by atoms with E-state index in [0.717, 1.165) is 23.5 Å². The number of benzene rings is 1. The van der Waals surface area contributed by atoms with Crippen molar-refractivity contribution in [2.75, 3.05) is 12.4 Å². The zero-order chi connectivity index (χ0) is 13.8. The van der Waals surface area contributed by atoms with E-state index >= 15 is 0 Å². The van der Waals surface area contributed by atoms with Crippen LogP contribution in [0.5, 0.6) is 5.75 Å². The molecule has 0 bridgehead atoms. The SMILES string of the molecule is CCc1cc(CNc2ccc(F)cc2OC)n(C)n1. The lowest BCUT2D eigenvalue weighted by Crippen LogP contribution is -2.06. The van der Waals surface area contributed by atoms with Crippen molar-refractivity contribution in [1.29, 1.82) is 0 Å². The van der Waals surface area contributed by atoms with Gasteiger partial charge in [0.25, 0.3) is 0 Å². The van der Waals surface area contributed by atoms with Gasteiger partial charge < -0.3 is 10.1 Å². The number of halogens is 1. The van der Waals surface area contributed by atoms with Crippen molar-refractivity contribution in [2.45, 2.75) is 19.9 Å². The van der Waals surface area contributed by atoms with Crippen LogP contribution in [0.3, 0.4) is 0 Å². The first kappa shape index (κ1) is 13.4. The first-order valence-electron chi connectivity index (χ1n) is 6.23. The van der Waals surface area contributed by atoms with Crippen molar-refractivity contribution >= 4 is 5.69 Å². The predicted molar refractivity (Wildman–Crippen MR) is 72.9 cm³/mol. The Kier molecular flexibility index (Phi) is 4.04. The highest BCUT2D eigenvalue weighted by atomic mass is 19.1. The highest BCUT2D eigenvalue weighted by Crippen LogP contribution is 2.25. The Hall–Kier alpha value is -2.04. The van der Waals surface area contributed by atoms with E-state index < -0.39 is 0 Å². The van der Waals surface area contributed by atoms with Crippen molar-refractivity contribution in [3.8, 4) is 5.75 Å². The normalized spacial score (nSPS) is 10.5. The van der Waals surface area contributed by atoms with Gasteiger partial charge in [0, 0.05) is 13.1 Å². The van der Waals surface area contributed by atoms with Crippen molar-refractivity contribution in [2.24, 2.45) is 7.05 Å². The quantitative estimate of drug-likeness (QED) is 0.901. The summed E-state index contributed by atoms with van der Waals surface area (Å²) in [5.41, 5.74) is 2.90. The third-order valence-electron chi connectivity index (χ3n) is 3.01. The maximum absolute atomic E-state index is 13.1. The number of aromatic nitrogens is 2. The van der Waals surface area contributed by atoms with Crippen LogP contribution in [0.2, 0.25) is 0 Å². The van der Waals surface area contributed by atoms with E-state index in [4.69, 9.17) is 4.74 Å². The van der Waals surface area contributed by atoms with Gasteiger partial charge in [0.15, 0.2) is 0 Å². The number of methoxy groups -OCH3 is 1. The predicted octanol–water partition coefficient (Wildman–Crippen LogP) is 2.74. The van der Waals surface area contributed by atoms with Crippen LogP contribution in [0, 0.1) is 5.82 Å². The first-order valence-corrected chi connectivity index (χ1v) is 6.23. The van der Waals surface area contributed by atoms with Crippen LogP contribution in [0.1, 0.15) is 18.3 Å². The lowest BCUT2D eigenvalue weighted by Gasteiger charge is -2.11. The molecule has 0 radical (unpaired) electrons. The summed E-state index contributed by atoms with van der Waals surface area (Å²) in [5, 5.41) is 7.62. The molecule has 0 saturated heterocycles. The van der Waals surface area contributed by atoms with Gasteiger partial charge in [0.1, 0.15) is 11.6 Å². The number of hydrogen-bond donors (Lipinski definition) is 1. The third kappa shape index (κ3) is 3.05. The van der Waals surface area contributed by atoms with E-state index in [1.807, 2.05) is 11.7 Å². The van der Waals surface area contributed by atoms with Crippen LogP contribution in [-0.2, 0) is 20.0 Å². The molecule has 2 aromatic rings. The van der Waals surface area contributed by atoms with Crippen molar-refractivity contribution in [1.82, 2.24) is 9.78 Å². The molecule has 102 valence electrons. The topological polar surface area (TPSA) is 39.1 Å². The standard InChI is InChI=1S/C14H18FN3O/c1-4-11-8-12(18(2)17-11)9-16-13-6-5-10(15)7-14(13)19-3/h5-8,16H,4,9H2,1-3H3. The minimum atomic E-state index is -0.309. The molecular weight excluding hydrogens is 245 g/mol. The molecule has 0 aliphatic carbocycles. The lowest BCUT2D eigenvalue weighted by molar-refractivity contribution is 0.413. The number of nitrogens with one attached hydrogen (secondary N) is 1. The fourth-order valence-corrected chi connectivity index (χ4v) is 1.91. The van der Waals surface area contributed by atoms with E-state index in [2.05, 4.69) is 23.4 Å². The highest BCUT2D eigenvalue weighted by molar-refractivity contribution is 5.56. The van der Waals surface area contributed by atoms with Gasteiger partial charge in [-0.2, -0.15) is 5.10 Å². The molecule has 0 aliphatic heterocycles. The minimum absolute atomic E-state index is 0.309. The van der Waals surface area contributed by atoms with Crippen LogP contribution in [0.4, 0.5) is 10.1 Å². The Balaban J connectivity index is 2.11. The van der Waals surface area contributed by atoms with Gasteiger partial charge in [0.2, 0.25) is 0 Å². The number of nitrogens with zero attached hydrogens (tertiary/aromatic N) is 2. The molecular formula is C14H18FN3O. The molecule has 5 heteroatoms. The van der Waals surface area contributed by atoms with Gasteiger partial charge in [0.05, 0.1) is 30.7 Å². The molecule has 1 aromatic carbocycles. The van der Waals surface area contributed by atoms with Gasteiger partial charge >= 0.3 is 0 Å². The summed E-state index contributed by atoms with van der Waals surface area (Å²) in [6.07, 6.45) is 0.910. The molecule has 1 aromatic heterocycles. The Morgan fingerprint density at radius 3 is 2.79 bits per heavy atom. The second kappa shape index (κ2) is 5.73. The Morgan fingerprint density at radius 1 is 1.37 bits per heavy atom. The van der Waals surface area contributed by atoms with Gasteiger partial charge in [-0.15, -0.1) is 0 Å². The second-order valence-corrected chi connectivity index (χ2v) is 4.30. The van der Waals surface area contributed by atoms with Gasteiger partial charge in [-0.1, -0.05) is 6.92 Å². The molecule has 1 heterocycles. The largest absolute Gasteiger partial charge is 0.494 e. The van der Waals surface area contributed by atoms with Gasteiger partial charge in [-0.05, 0) is 24.6 Å². The van der Waals surface area contributed by atoms with E-state index in [-0.39, 0.29) is 5.82 Å². The summed E-state index contributed by atoms with van der Waals surface area (Å²) in [6, 6.07) is 6.50. The monoisotopic (exact) mass is 263 g/mol. The number of ether oxygens (including phenoxy) is 1. The molecule has 0 spiro atoms. The Bertz CT molecular complexity index is 566. The smallest absolute Gasteiger partial charge is 0.144 e. The second-order valence-electron chi connectivity index (χ2n) is 4.30. The fraction of sp³-hybridized carbons (Fsp3) is 0.357. The molecule has 0 atom stereocenters. The molecule has 0 aliphatic rings. The Morgan fingerprint density at radius 2 is 2.16 bits per heavy atom. The molecule has 1 N–H and O–H groups in total. The minimum Gasteiger partial charge on any atom is -0.494 e. The van der Waals surface area contributed by atoms with Crippen LogP contribution in [-0.4, -0.2) is 16.9 Å². The molecule has 0 amide bonds. The maximum atomic E-state index is 13.1. The van der Waals surface area contributed by atoms with Crippen molar-refractivity contribution < 1.29 is 9.13 Å². The summed E-state index contributed by atoms with van der Waals surface area (Å²) >= 11 is 0. The maximum Gasteiger partial charge on any atom is 0.144 e. The average Bonchev–Trinajstić information content (AvgIpc) is 2.78. The Labute approximate surface area is 112 Å². The third-order valence-corrected chi connectivity index (χ3v) is 3.01. The van der Waals surface area contributed by atoms with Crippen molar-refractivity contribution in [3.63, 3.8) is 0 Å². The van der Waals surface area contributed by atoms with Crippen molar-refractivity contribution in [3.05, 3.63) is 41.5 Å². The van der Waals surface area contributed by atoms with E-state index in [1.165, 1.54) is 19.2 Å².